The van der Waals surface area contributed by atoms with Gasteiger partial charge >= 0.3 is 0 Å². The zero-order chi connectivity index (χ0) is 66.0. The molecule has 0 heteroatoms. The van der Waals surface area contributed by atoms with Gasteiger partial charge < -0.3 is 0 Å². The molecule has 0 unspecified atom stereocenters. The Morgan fingerprint density at radius 1 is 0.217 bits per heavy atom. The van der Waals surface area contributed by atoms with E-state index in [1.165, 1.54) is 128 Å². The highest BCUT2D eigenvalue weighted by Crippen LogP contribution is 2.39. The van der Waals surface area contributed by atoms with Gasteiger partial charge in [-0.15, -0.1) is 0 Å². The summed E-state index contributed by atoms with van der Waals surface area (Å²) in [6.45, 7) is 36.0. The average Bonchev–Trinajstić information content (AvgIpc) is 0.828. The molecule has 0 N–H and O–H groups in total. The quantitative estimate of drug-likeness (QED) is 0.142. The largest absolute Gasteiger partial charge is 0.0622 e. The molecule has 0 saturated heterocycles. The van der Waals surface area contributed by atoms with E-state index in [9.17, 15) is 0 Å². The van der Waals surface area contributed by atoms with Crippen molar-refractivity contribution in [3.05, 3.63) is 347 Å². The number of rotatable bonds is 8. The highest BCUT2D eigenvalue weighted by molar-refractivity contribution is 5.80. The molecule has 0 fully saturated rings. The summed E-state index contributed by atoms with van der Waals surface area (Å²) >= 11 is 0. The smallest absolute Gasteiger partial charge is 0.0129 e. The van der Waals surface area contributed by atoms with Crippen LogP contribution in [0.1, 0.15) is 132 Å². The molecule has 0 aliphatic carbocycles. The van der Waals surface area contributed by atoms with Crippen LogP contribution < -0.4 is 0 Å². The second-order valence-corrected chi connectivity index (χ2v) is 27.7. The first-order chi connectivity index (χ1) is 44.0. The zero-order valence-electron chi connectivity index (χ0n) is 57.9. The maximum atomic E-state index is 2.36. The van der Waals surface area contributed by atoms with Crippen molar-refractivity contribution >= 4 is 0 Å². The molecule has 0 nitrogen and oxygen atoms in total. The van der Waals surface area contributed by atoms with Crippen LogP contribution >= 0.6 is 0 Å². The SMILES string of the molecule is Cc1c(-c2ccccc2)cc(C(C)(C)C)cc1-c1ccccc1.Cc1c(-c2ccccc2)cccc1C(C)(C)C.Cc1c(-c2ccccc2)cccc1C(C)C.Cc1cc(-c2ccccc2)ccc1-c1ccccc1.Cc1ccc(-c2ccccc2)cc1C(C)(C)C. The molecule has 0 atom stereocenters. The lowest BCUT2D eigenvalue weighted by molar-refractivity contribution is 0.586. The molecular formula is C92H98. The van der Waals surface area contributed by atoms with E-state index in [1.807, 2.05) is 0 Å². The Balaban J connectivity index is 0.000000149. The van der Waals surface area contributed by atoms with Gasteiger partial charge in [0.15, 0.2) is 0 Å². The Bertz CT molecular complexity index is 4140. The van der Waals surface area contributed by atoms with Crippen molar-refractivity contribution in [2.24, 2.45) is 0 Å². The van der Waals surface area contributed by atoms with E-state index >= 15 is 0 Å². The van der Waals surface area contributed by atoms with Gasteiger partial charge in [-0.05, 0) is 185 Å². The summed E-state index contributed by atoms with van der Waals surface area (Å²) in [6.07, 6.45) is 0. The third-order valence-corrected chi connectivity index (χ3v) is 17.3. The molecule has 0 aromatic heterocycles. The minimum absolute atomic E-state index is 0.126. The van der Waals surface area contributed by atoms with Gasteiger partial charge in [-0.3, -0.25) is 0 Å². The molecule has 12 aromatic carbocycles. The second-order valence-electron chi connectivity index (χ2n) is 27.7. The van der Waals surface area contributed by atoms with Crippen molar-refractivity contribution in [3.63, 3.8) is 0 Å². The monoisotopic (exact) mass is 1200 g/mol. The number of hydrogen-bond donors (Lipinski definition) is 0. The van der Waals surface area contributed by atoms with Gasteiger partial charge in [-0.1, -0.05) is 373 Å². The van der Waals surface area contributed by atoms with Gasteiger partial charge in [0.1, 0.15) is 0 Å². The maximum Gasteiger partial charge on any atom is -0.0129 e. The normalized spacial score (nSPS) is 11.1. The van der Waals surface area contributed by atoms with Crippen LogP contribution in [0.3, 0.4) is 0 Å². The van der Waals surface area contributed by atoms with Crippen LogP contribution in [0, 0.1) is 34.6 Å². The maximum absolute atomic E-state index is 2.36. The third-order valence-electron chi connectivity index (χ3n) is 17.3. The van der Waals surface area contributed by atoms with Crippen LogP contribution in [0.25, 0.3) is 77.9 Å². The van der Waals surface area contributed by atoms with Crippen LogP contribution in [0.5, 0.6) is 0 Å². The lowest BCUT2D eigenvalue weighted by Gasteiger charge is -2.23. The van der Waals surface area contributed by atoms with Crippen LogP contribution in [-0.2, 0) is 16.2 Å². The third kappa shape index (κ3) is 18.4. The summed E-state index contributed by atoms with van der Waals surface area (Å²) in [5.74, 6) is 0.587. The van der Waals surface area contributed by atoms with Crippen molar-refractivity contribution < 1.29 is 0 Å². The van der Waals surface area contributed by atoms with E-state index in [1.54, 1.807) is 0 Å². The molecule has 0 saturated carbocycles. The van der Waals surface area contributed by atoms with Gasteiger partial charge in [0.2, 0.25) is 0 Å². The Morgan fingerprint density at radius 3 is 0.924 bits per heavy atom. The van der Waals surface area contributed by atoms with Crippen LogP contribution in [0.4, 0.5) is 0 Å². The fraction of sp³-hybridized carbons (Fsp3) is 0.217. The molecule has 0 radical (unpaired) electrons. The zero-order valence-corrected chi connectivity index (χ0v) is 57.9. The fourth-order valence-electron chi connectivity index (χ4n) is 12.2. The summed E-state index contributed by atoms with van der Waals surface area (Å²) in [6, 6.07) is 106. The summed E-state index contributed by atoms with van der Waals surface area (Å²) in [5.41, 5.74) is 31.3. The molecule has 466 valence electrons. The van der Waals surface area contributed by atoms with E-state index in [0.717, 1.165) is 0 Å². The van der Waals surface area contributed by atoms with E-state index in [-0.39, 0.29) is 16.2 Å². The first kappa shape index (κ1) is 68.5. The van der Waals surface area contributed by atoms with E-state index in [4.69, 9.17) is 0 Å². The summed E-state index contributed by atoms with van der Waals surface area (Å²) in [5, 5.41) is 0. The molecule has 12 aromatic rings. The summed E-state index contributed by atoms with van der Waals surface area (Å²) < 4.78 is 0. The molecule has 0 aliphatic rings. The molecule has 0 spiro atoms. The lowest BCUT2D eigenvalue weighted by Crippen LogP contribution is -2.13. The highest BCUT2D eigenvalue weighted by atomic mass is 14.3. The van der Waals surface area contributed by atoms with E-state index < -0.39 is 0 Å². The lowest BCUT2D eigenvalue weighted by atomic mass is 9.81. The standard InChI is InChI=1S/C23H24.C19H16.2C17H20.C16H18/c1-17-21(18-11-7-5-8-12-18)15-20(23(2,3)4)16-22(17)19-13-9-6-10-14-19;1-15-14-18(16-8-4-2-5-9-16)12-13-19(15)17-10-6-3-7-11-17;1-13-15(14-9-6-5-7-10-14)11-8-12-16(13)17(2,3)4;1-13-10-11-15(12-16(13)17(2,3)4)14-8-6-5-7-9-14;1-12(2)15-10-7-11-16(13(15)3)14-8-5-4-6-9-14/h5-16H,1-4H3;2-14H,1H3;2*5-12H,1-4H3;4-12H,1-3H3. The Kier molecular flexibility index (Phi) is 23.5. The van der Waals surface area contributed by atoms with E-state index in [0.29, 0.717) is 5.92 Å². The van der Waals surface area contributed by atoms with Crippen molar-refractivity contribution in [3.8, 4) is 77.9 Å². The van der Waals surface area contributed by atoms with E-state index in [2.05, 4.69) is 408 Å². The molecule has 12 rings (SSSR count). The molecule has 0 aliphatic heterocycles. The second kappa shape index (κ2) is 31.6. The Hall–Kier alpha value is -9.36. The predicted octanol–water partition coefficient (Wildman–Crippen LogP) is 26.7. The summed E-state index contributed by atoms with van der Waals surface area (Å²) in [7, 11) is 0. The predicted molar refractivity (Wildman–Crippen MR) is 404 cm³/mol. The molecular weight excluding hydrogens is 1110 g/mol. The van der Waals surface area contributed by atoms with Crippen molar-refractivity contribution in [2.75, 3.05) is 0 Å². The van der Waals surface area contributed by atoms with Crippen LogP contribution in [-0.4, -0.2) is 0 Å². The van der Waals surface area contributed by atoms with Crippen molar-refractivity contribution in [1.29, 1.82) is 0 Å². The number of aryl methyl sites for hydroxylation is 2. The van der Waals surface area contributed by atoms with Gasteiger partial charge in [0.25, 0.3) is 0 Å². The van der Waals surface area contributed by atoms with Crippen molar-refractivity contribution in [2.45, 2.75) is 133 Å². The Morgan fingerprint density at radius 2 is 0.554 bits per heavy atom. The van der Waals surface area contributed by atoms with Gasteiger partial charge in [0, 0.05) is 0 Å². The highest BCUT2D eigenvalue weighted by Gasteiger charge is 2.21. The number of benzene rings is 12. The average molecular weight is 1200 g/mol. The summed E-state index contributed by atoms with van der Waals surface area (Å²) in [4.78, 5) is 0. The fourth-order valence-corrected chi connectivity index (χ4v) is 12.2. The van der Waals surface area contributed by atoms with Crippen LogP contribution in [0.2, 0.25) is 0 Å². The van der Waals surface area contributed by atoms with Crippen LogP contribution in [0.15, 0.2) is 297 Å². The molecule has 0 heterocycles. The minimum Gasteiger partial charge on any atom is -0.0622 e. The first-order valence-corrected chi connectivity index (χ1v) is 32.9. The Labute approximate surface area is 554 Å². The van der Waals surface area contributed by atoms with Gasteiger partial charge in [-0.25, -0.2) is 0 Å². The number of hydrogen-bond acceptors (Lipinski definition) is 0. The first-order valence-electron chi connectivity index (χ1n) is 32.9. The molecule has 92 heavy (non-hydrogen) atoms. The van der Waals surface area contributed by atoms with Crippen molar-refractivity contribution in [1.82, 2.24) is 0 Å². The molecule has 0 bridgehead atoms. The van der Waals surface area contributed by atoms with Gasteiger partial charge in [-0.2, -0.15) is 0 Å². The minimum atomic E-state index is 0.126. The molecule has 0 amide bonds. The van der Waals surface area contributed by atoms with Gasteiger partial charge in [0.05, 0.1) is 0 Å². The topological polar surface area (TPSA) is 0 Å².